The van der Waals surface area contributed by atoms with Gasteiger partial charge in [0.2, 0.25) is 0 Å². The van der Waals surface area contributed by atoms with Crippen molar-refractivity contribution in [2.45, 2.75) is 228 Å². The molecule has 10 aromatic rings. The Kier molecular flexibility index (Phi) is 36.2. The zero-order valence-electron chi connectivity index (χ0n) is 72.9. The molecule has 10 aliphatic carbocycles. The maximum atomic E-state index is 12.3. The molecule has 10 aromatic carbocycles. The Morgan fingerprint density at radius 1 is 0.200 bits per heavy atom. The van der Waals surface area contributed by atoms with Crippen LogP contribution in [0.25, 0.3) is 0 Å². The van der Waals surface area contributed by atoms with E-state index in [1.807, 2.05) is 30.3 Å². The highest BCUT2D eigenvalue weighted by molar-refractivity contribution is 5.89. The van der Waals surface area contributed by atoms with Gasteiger partial charge in [0.1, 0.15) is 90.5 Å². The van der Waals surface area contributed by atoms with Crippen LogP contribution in [0.5, 0.6) is 57.5 Å². The van der Waals surface area contributed by atoms with Crippen LogP contribution in [0.15, 0.2) is 182 Å². The van der Waals surface area contributed by atoms with E-state index in [4.69, 9.17) is 47.4 Å². The van der Waals surface area contributed by atoms with Gasteiger partial charge in [0.15, 0.2) is 0 Å². The Morgan fingerprint density at radius 2 is 0.336 bits per heavy atom. The third-order valence-corrected chi connectivity index (χ3v) is 22.4. The average Bonchev–Trinajstić information content (AvgIpc) is 1.31. The molecule has 5 N–H and O–H groups in total. The molecule has 0 amide bonds. The van der Waals surface area contributed by atoms with Gasteiger partial charge < -0.3 is 72.9 Å². The van der Waals surface area contributed by atoms with Crippen LogP contribution in [0.1, 0.15) is 298 Å². The molecule has 0 aromatic heterocycles. The summed E-state index contributed by atoms with van der Waals surface area (Å²) in [6.45, 7) is 13.0. The van der Waals surface area contributed by atoms with Crippen LogP contribution in [0.4, 0.5) is 0 Å². The van der Waals surface area contributed by atoms with E-state index < -0.39 is 29.8 Å². The fourth-order valence-electron chi connectivity index (χ4n) is 15.0. The van der Waals surface area contributed by atoms with Crippen molar-refractivity contribution < 1.29 is 96.9 Å². The smallest absolute Gasteiger partial charge is 0.335 e. The number of hydrogen-bond donors (Lipinski definition) is 5. The Hall–Kier alpha value is -12.5. The van der Waals surface area contributed by atoms with Gasteiger partial charge in [-0.3, -0.25) is 0 Å². The first-order valence-electron chi connectivity index (χ1n) is 44.5. The van der Waals surface area contributed by atoms with Crippen molar-refractivity contribution in [1.82, 2.24) is 0 Å². The molecule has 20 heteroatoms. The molecule has 0 atom stereocenters. The van der Waals surface area contributed by atoms with Crippen LogP contribution in [-0.2, 0) is 65.1 Å². The first-order chi connectivity index (χ1) is 60.8. The summed E-state index contributed by atoms with van der Waals surface area (Å²) < 4.78 is 71.4. The number of unbranched alkanes of at least 4 members (excludes halogenated alkanes) is 15. The van der Waals surface area contributed by atoms with Crippen LogP contribution in [0.2, 0.25) is 0 Å². The van der Waals surface area contributed by atoms with Crippen molar-refractivity contribution in [3.63, 3.8) is 0 Å². The minimum absolute atomic E-state index is 0.0395. The summed E-state index contributed by atoms with van der Waals surface area (Å²) in [6.07, 6.45) is 19.7. The average molecular weight is 1700 g/mol. The number of hydrogen-bond acceptors (Lipinski definition) is 15. The lowest BCUT2D eigenvalue weighted by atomic mass is 9.94. The Labute approximate surface area is 734 Å². The number of carbonyl (C=O) groups is 5. The Balaban J connectivity index is 1.23. The second kappa shape index (κ2) is 48.6. The molecule has 0 aliphatic heterocycles. The quantitative estimate of drug-likeness (QED) is 0.0222. The van der Waals surface area contributed by atoms with E-state index >= 15 is 0 Å². The van der Waals surface area contributed by atoms with E-state index in [0.29, 0.717) is 118 Å². The lowest BCUT2D eigenvalue weighted by Crippen LogP contribution is -2.09. The fourth-order valence-corrected chi connectivity index (χ4v) is 15.0. The van der Waals surface area contributed by atoms with Gasteiger partial charge in [0.25, 0.3) is 0 Å². The van der Waals surface area contributed by atoms with Gasteiger partial charge in [-0.15, -0.1) is 0 Å². The molecule has 660 valence electrons. The van der Waals surface area contributed by atoms with Crippen molar-refractivity contribution in [2.24, 2.45) is 0 Å². The summed E-state index contributed by atoms with van der Waals surface area (Å²) in [5.41, 5.74) is 11.6. The molecule has 0 spiro atoms. The second-order valence-electron chi connectivity index (χ2n) is 32.2. The van der Waals surface area contributed by atoms with Crippen molar-refractivity contribution in [3.05, 3.63) is 293 Å². The predicted octanol–water partition coefficient (Wildman–Crippen LogP) is 24.1. The third kappa shape index (κ3) is 28.3. The predicted molar refractivity (Wildman–Crippen MR) is 483 cm³/mol. The largest absolute Gasteiger partial charge is 0.493 e. The fraction of sp³-hybridized carbons (Fsp3) is 0.381. The monoisotopic (exact) mass is 1700 g/mol. The van der Waals surface area contributed by atoms with Gasteiger partial charge >= 0.3 is 29.8 Å². The highest BCUT2D eigenvalue weighted by atomic mass is 16.5. The Bertz CT molecular complexity index is 4420. The van der Waals surface area contributed by atoms with Crippen molar-refractivity contribution in [1.29, 1.82) is 0 Å². The molecule has 0 saturated carbocycles. The number of carboxylic acids is 5. The van der Waals surface area contributed by atoms with E-state index in [-0.39, 0.29) is 93.0 Å². The molecule has 20 nitrogen and oxygen atoms in total. The van der Waals surface area contributed by atoms with Gasteiger partial charge in [-0.25, -0.2) is 24.0 Å². The second-order valence-corrected chi connectivity index (χ2v) is 32.2. The van der Waals surface area contributed by atoms with Crippen LogP contribution < -0.4 is 47.4 Å². The molecule has 20 rings (SSSR count). The highest BCUT2D eigenvalue weighted by Crippen LogP contribution is 2.45. The molecule has 0 fully saturated rings. The molecule has 0 saturated heterocycles. The summed E-state index contributed by atoms with van der Waals surface area (Å²) in [5, 5.41) is 50.2. The van der Waals surface area contributed by atoms with E-state index in [1.54, 1.807) is 121 Å². The maximum absolute atomic E-state index is 12.3. The van der Waals surface area contributed by atoms with Crippen molar-refractivity contribution >= 4 is 29.8 Å². The number of carboxylic acid groups (broad SMARTS) is 5. The molecular formula is C105H120O20. The minimum Gasteiger partial charge on any atom is -0.493 e. The summed E-state index contributed by atoms with van der Waals surface area (Å²) >= 11 is 0. The number of benzene rings is 10. The van der Waals surface area contributed by atoms with Gasteiger partial charge in [-0.2, -0.15) is 0 Å². The minimum atomic E-state index is -1.06. The normalized spacial score (nSPS) is 11.7. The number of aromatic carboxylic acids is 5. The van der Waals surface area contributed by atoms with E-state index in [1.165, 1.54) is 0 Å². The number of ether oxygens (including phenoxy) is 10. The lowest BCUT2D eigenvalue weighted by molar-refractivity contribution is 0.0686. The van der Waals surface area contributed by atoms with E-state index in [9.17, 15) is 49.5 Å². The zero-order chi connectivity index (χ0) is 88.2. The topological polar surface area (TPSA) is 279 Å². The van der Waals surface area contributed by atoms with Gasteiger partial charge in [0, 0.05) is 87.7 Å². The maximum Gasteiger partial charge on any atom is 0.335 e. The van der Waals surface area contributed by atoms with Crippen LogP contribution in [0.3, 0.4) is 0 Å². The van der Waals surface area contributed by atoms with Crippen LogP contribution in [0, 0.1) is 0 Å². The molecule has 0 radical (unpaired) electrons. The number of rotatable bonds is 50. The Morgan fingerprint density at radius 3 is 0.464 bits per heavy atom. The first kappa shape index (κ1) is 93.3. The van der Waals surface area contributed by atoms with Crippen molar-refractivity contribution in [2.75, 3.05) is 33.0 Å². The molecule has 10 aliphatic rings. The van der Waals surface area contributed by atoms with Gasteiger partial charge in [-0.05, 0) is 181 Å². The van der Waals surface area contributed by atoms with Gasteiger partial charge in [0.05, 0.1) is 60.9 Å². The first-order valence-corrected chi connectivity index (χ1v) is 44.5. The molecule has 0 unspecified atom stereocenters. The summed E-state index contributed by atoms with van der Waals surface area (Å²) in [4.78, 5) is 61.4. The standard InChI is InChI=1S/C105H120O20/c1-6-11-16-21-46-116-91-56-86-52-82-62-98(123-68-73-30-40-78(41-31-73)103(110)111)88(58-93(82)118-48-23-18-13-8-3)54-84-64-100(125-70-75-34-44-80(45-35-75)105(114)115)90(60-95(84)120-50-25-20-15-10-5)55-85-65-99(124-69-74-32-42-79(43-33-74)104(112)113)89(59-94(85)119-49-24-19-14-9-4)53-83-63-97(122-67-72-28-38-77(39-29-72)102(108)109)87(57-92(83)117-47-22-17-12-7-2)51-81(91)61-96(86)121-66-71-26-36-76(37-27-71)101(106)107/h26-45,56-65H,6-25,46-55,66-70H2,1-5H3,(H,106,107)(H,108,109)(H,110,111)(H,112,113)(H,114,115). The summed E-state index contributed by atoms with van der Waals surface area (Å²) in [6, 6.07) is 53.4. The third-order valence-electron chi connectivity index (χ3n) is 22.4. The van der Waals surface area contributed by atoms with E-state index in [2.05, 4.69) is 65.0 Å². The lowest BCUT2D eigenvalue weighted by Gasteiger charge is -2.22. The highest BCUT2D eigenvalue weighted by Gasteiger charge is 2.27. The molecular weight excluding hydrogens is 1580 g/mol. The van der Waals surface area contributed by atoms with Gasteiger partial charge in [-0.1, -0.05) is 192 Å². The molecule has 125 heavy (non-hydrogen) atoms. The van der Waals surface area contributed by atoms with E-state index in [0.717, 1.165) is 184 Å². The SMILES string of the molecule is CCCCCCOc1cc2c(OCc3ccc(C(=O)O)cc3)cc1Cc1cc(OCCCCCC)c(cc1OCc1ccc(C(=O)O)cc1)Cc1cc(OCCCCCC)c(cc1OCc1ccc(C(=O)O)cc1)Cc1cc(OCCCCCC)c(cc1OCc1ccc(C(=O)O)cc1)Cc1cc(OCCCCCC)c(cc1OCc1ccc(C(=O)O)cc1)C2. The van der Waals surface area contributed by atoms with Crippen LogP contribution in [-0.4, -0.2) is 88.4 Å². The summed E-state index contributed by atoms with van der Waals surface area (Å²) in [5.74, 6) is 0.135. The van der Waals surface area contributed by atoms with Crippen LogP contribution >= 0.6 is 0 Å². The summed E-state index contributed by atoms with van der Waals surface area (Å²) in [7, 11) is 0. The molecule has 10 bridgehead atoms. The van der Waals surface area contributed by atoms with Crippen molar-refractivity contribution in [3.8, 4) is 57.5 Å². The molecule has 0 heterocycles. The zero-order valence-corrected chi connectivity index (χ0v) is 72.9.